The molecule has 2 heterocycles. The summed E-state index contributed by atoms with van der Waals surface area (Å²) in [6.07, 6.45) is 2.47. The van der Waals surface area contributed by atoms with Crippen molar-refractivity contribution in [2.45, 2.75) is 38.6 Å². The lowest BCUT2D eigenvalue weighted by Gasteiger charge is -2.22. The lowest BCUT2D eigenvalue weighted by atomic mass is 10.2. The molecule has 0 spiro atoms. The van der Waals surface area contributed by atoms with E-state index in [-0.39, 0.29) is 5.69 Å². The molecule has 1 aromatic heterocycles. The van der Waals surface area contributed by atoms with Crippen LogP contribution in [0, 0.1) is 10.1 Å². The van der Waals surface area contributed by atoms with E-state index in [1.54, 1.807) is 11.9 Å². The highest BCUT2D eigenvalue weighted by Crippen LogP contribution is 2.36. The number of carbonyl (C=O) groups is 1. The molecule has 0 saturated carbocycles. The summed E-state index contributed by atoms with van der Waals surface area (Å²) in [4.78, 5) is 23.7. The summed E-state index contributed by atoms with van der Waals surface area (Å²) < 4.78 is 1.43. The highest BCUT2D eigenvalue weighted by molar-refractivity contribution is 5.80. The molecule has 2 rings (SSSR count). The van der Waals surface area contributed by atoms with Crippen LogP contribution in [0.5, 0.6) is 0 Å². The molecule has 0 bridgehead atoms. The average Bonchev–Trinajstić information content (AvgIpc) is 2.93. The summed E-state index contributed by atoms with van der Waals surface area (Å²) >= 11 is 0. The van der Waals surface area contributed by atoms with E-state index >= 15 is 0 Å². The second kappa shape index (κ2) is 5.48. The zero-order valence-corrected chi connectivity index (χ0v) is 11.6. The maximum atomic E-state index is 11.3. The summed E-state index contributed by atoms with van der Waals surface area (Å²) in [5, 5.41) is 24.8. The van der Waals surface area contributed by atoms with Crippen LogP contribution in [0.1, 0.15) is 31.9 Å². The van der Waals surface area contributed by atoms with Gasteiger partial charge in [-0.2, -0.15) is 5.10 Å². The van der Waals surface area contributed by atoms with Crippen molar-refractivity contribution in [1.82, 2.24) is 9.78 Å². The number of carboxylic acids is 1. The molecule has 8 heteroatoms. The molecule has 1 N–H and O–H groups in total. The zero-order chi connectivity index (χ0) is 14.9. The minimum absolute atomic E-state index is 0.0532. The Labute approximate surface area is 116 Å². The topological polar surface area (TPSA) is 102 Å². The SMILES string of the molecule is CCCc1nn(C)c(N2CCCC2C(=O)O)c1[N+](=O)[O-]. The minimum atomic E-state index is -0.949. The molecular weight excluding hydrogens is 264 g/mol. The number of aliphatic carboxylic acids is 1. The Morgan fingerprint density at radius 2 is 2.30 bits per heavy atom. The first kappa shape index (κ1) is 14.3. The van der Waals surface area contributed by atoms with Crippen LogP contribution in [0.15, 0.2) is 0 Å². The Hall–Kier alpha value is -2.12. The Kier molecular flexibility index (Phi) is 3.91. The second-order valence-electron chi connectivity index (χ2n) is 4.94. The van der Waals surface area contributed by atoms with Crippen LogP contribution < -0.4 is 4.90 Å². The number of carboxylic acid groups (broad SMARTS) is 1. The van der Waals surface area contributed by atoms with Gasteiger partial charge >= 0.3 is 11.7 Å². The predicted molar refractivity (Wildman–Crippen MR) is 71.9 cm³/mol. The molecular formula is C12H18N4O4. The number of hydrogen-bond acceptors (Lipinski definition) is 5. The molecule has 0 aromatic carbocycles. The van der Waals surface area contributed by atoms with Gasteiger partial charge in [-0.3, -0.25) is 10.1 Å². The number of rotatable bonds is 5. The lowest BCUT2D eigenvalue weighted by molar-refractivity contribution is -0.384. The molecule has 1 aliphatic heterocycles. The van der Waals surface area contributed by atoms with Gasteiger partial charge in [0.05, 0.1) is 4.92 Å². The summed E-state index contributed by atoms with van der Waals surface area (Å²) in [5.41, 5.74) is 0.369. The van der Waals surface area contributed by atoms with Crippen LogP contribution in [0.25, 0.3) is 0 Å². The van der Waals surface area contributed by atoms with E-state index in [1.165, 1.54) is 4.68 Å². The molecule has 20 heavy (non-hydrogen) atoms. The highest BCUT2D eigenvalue weighted by Gasteiger charge is 2.38. The Morgan fingerprint density at radius 1 is 1.60 bits per heavy atom. The molecule has 1 atom stereocenters. The van der Waals surface area contributed by atoms with Crippen molar-refractivity contribution in [3.63, 3.8) is 0 Å². The molecule has 0 radical (unpaired) electrons. The van der Waals surface area contributed by atoms with Crippen LogP contribution in [0.2, 0.25) is 0 Å². The van der Waals surface area contributed by atoms with Gasteiger partial charge in [0.15, 0.2) is 0 Å². The zero-order valence-electron chi connectivity index (χ0n) is 11.6. The van der Waals surface area contributed by atoms with Gasteiger partial charge in [0, 0.05) is 13.6 Å². The largest absolute Gasteiger partial charge is 0.480 e. The number of nitro groups is 1. The van der Waals surface area contributed by atoms with E-state index in [1.807, 2.05) is 6.92 Å². The highest BCUT2D eigenvalue weighted by atomic mass is 16.6. The lowest BCUT2D eigenvalue weighted by Crippen LogP contribution is -2.37. The standard InChI is InChI=1S/C12H18N4O4/c1-3-5-8-10(16(19)20)11(14(2)13-8)15-7-4-6-9(15)12(17)18/h9H,3-7H2,1-2H3,(H,17,18). The summed E-state index contributed by atoms with van der Waals surface area (Å²) in [6, 6.07) is -0.710. The fourth-order valence-electron chi connectivity index (χ4n) is 2.75. The van der Waals surface area contributed by atoms with Gasteiger partial charge in [0.1, 0.15) is 11.7 Å². The van der Waals surface area contributed by atoms with E-state index in [4.69, 9.17) is 0 Å². The maximum Gasteiger partial charge on any atom is 0.334 e. The molecule has 0 amide bonds. The third-order valence-electron chi connectivity index (χ3n) is 3.54. The Balaban J connectivity index is 2.50. The first-order valence-corrected chi connectivity index (χ1v) is 6.67. The summed E-state index contributed by atoms with van der Waals surface area (Å²) in [6.45, 7) is 2.43. The normalized spacial score (nSPS) is 18.5. The van der Waals surface area contributed by atoms with Crippen molar-refractivity contribution in [3.8, 4) is 0 Å². The molecule has 1 unspecified atom stereocenters. The number of hydrogen-bond donors (Lipinski definition) is 1. The van der Waals surface area contributed by atoms with Crippen molar-refractivity contribution in [3.05, 3.63) is 15.8 Å². The number of anilines is 1. The van der Waals surface area contributed by atoms with E-state index in [2.05, 4.69) is 5.10 Å². The third kappa shape index (κ3) is 2.33. The van der Waals surface area contributed by atoms with Crippen molar-refractivity contribution < 1.29 is 14.8 Å². The molecule has 1 saturated heterocycles. The fourth-order valence-corrected chi connectivity index (χ4v) is 2.75. The van der Waals surface area contributed by atoms with Crippen LogP contribution >= 0.6 is 0 Å². The van der Waals surface area contributed by atoms with Gasteiger partial charge in [-0.15, -0.1) is 0 Å². The van der Waals surface area contributed by atoms with Gasteiger partial charge in [0.25, 0.3) is 0 Å². The molecule has 110 valence electrons. The number of aryl methyl sites for hydroxylation is 2. The van der Waals surface area contributed by atoms with Gasteiger partial charge in [0.2, 0.25) is 5.82 Å². The minimum Gasteiger partial charge on any atom is -0.480 e. The third-order valence-corrected chi connectivity index (χ3v) is 3.54. The van der Waals surface area contributed by atoms with E-state index in [9.17, 15) is 20.0 Å². The first-order valence-electron chi connectivity index (χ1n) is 6.67. The van der Waals surface area contributed by atoms with Crippen LogP contribution in [-0.4, -0.2) is 38.4 Å². The second-order valence-corrected chi connectivity index (χ2v) is 4.94. The smallest absolute Gasteiger partial charge is 0.334 e. The van der Waals surface area contributed by atoms with Crippen LogP contribution in [0.4, 0.5) is 11.5 Å². The van der Waals surface area contributed by atoms with Crippen molar-refractivity contribution in [2.75, 3.05) is 11.4 Å². The van der Waals surface area contributed by atoms with Crippen molar-refractivity contribution in [1.29, 1.82) is 0 Å². The Bertz CT molecular complexity index is 540. The van der Waals surface area contributed by atoms with E-state index < -0.39 is 16.9 Å². The van der Waals surface area contributed by atoms with E-state index in [0.29, 0.717) is 37.3 Å². The van der Waals surface area contributed by atoms with Gasteiger partial charge in [-0.05, 0) is 19.3 Å². The van der Waals surface area contributed by atoms with Crippen molar-refractivity contribution >= 4 is 17.5 Å². The first-order chi connectivity index (χ1) is 9.47. The van der Waals surface area contributed by atoms with E-state index in [0.717, 1.165) is 6.42 Å². The number of aromatic nitrogens is 2. The average molecular weight is 282 g/mol. The molecule has 1 aliphatic rings. The monoisotopic (exact) mass is 282 g/mol. The summed E-state index contributed by atoms with van der Waals surface area (Å²) in [7, 11) is 1.62. The molecule has 0 aliphatic carbocycles. The fraction of sp³-hybridized carbons (Fsp3) is 0.667. The van der Waals surface area contributed by atoms with Crippen molar-refractivity contribution in [2.24, 2.45) is 7.05 Å². The Morgan fingerprint density at radius 3 is 2.85 bits per heavy atom. The predicted octanol–water partition coefficient (Wildman–Crippen LogP) is 1.33. The van der Waals surface area contributed by atoms with Gasteiger partial charge in [-0.1, -0.05) is 13.3 Å². The molecule has 8 nitrogen and oxygen atoms in total. The quantitative estimate of drug-likeness (QED) is 0.645. The number of nitrogens with zero attached hydrogens (tertiary/aromatic N) is 4. The molecule has 1 fully saturated rings. The van der Waals surface area contributed by atoms with Gasteiger partial charge < -0.3 is 10.0 Å². The van der Waals surface area contributed by atoms with Gasteiger partial charge in [-0.25, -0.2) is 9.48 Å². The van der Waals surface area contributed by atoms with Crippen LogP contribution in [0.3, 0.4) is 0 Å². The van der Waals surface area contributed by atoms with Crippen LogP contribution in [-0.2, 0) is 18.3 Å². The maximum absolute atomic E-state index is 11.3. The summed E-state index contributed by atoms with van der Waals surface area (Å²) in [5.74, 6) is -0.640. The molecule has 1 aromatic rings.